The molecule has 1 saturated carbocycles. The number of nitrogens with zero attached hydrogens (tertiary/aromatic N) is 1. The maximum atomic E-state index is 15.4. The average molecular weight is 655 g/mol. The number of hydrogen-bond donors (Lipinski definition) is 6. The molecule has 0 spiro atoms. The normalized spacial score (nSPS) is 24.2. The molecule has 0 aromatic heterocycles. The molecule has 0 radical (unpaired) electrons. The fourth-order valence-electron chi connectivity index (χ4n) is 6.83. The van der Waals surface area contributed by atoms with E-state index in [1.807, 2.05) is 24.3 Å². The Hall–Kier alpha value is -3.55. The number of halogens is 2. The van der Waals surface area contributed by atoms with Gasteiger partial charge in [0.2, 0.25) is 5.91 Å². The summed E-state index contributed by atoms with van der Waals surface area (Å²) >= 11 is 0. The Bertz CT molecular complexity index is 1570. The third-order valence-electron chi connectivity index (χ3n) is 9.34. The third-order valence-corrected chi connectivity index (χ3v) is 11.4. The SMILES string of the molecule is O=C(O)N[C@H](C(=O)Nc1cccc(F)c1CCC1CNC2CCCS(O)(O)N1C2)[C@@H](c1ccc(F)cc1)c1cccc(C2CC2)c1. The summed E-state index contributed by atoms with van der Waals surface area (Å²) in [5.41, 5.74) is 2.78. The first-order valence-electron chi connectivity index (χ1n) is 15.8. The quantitative estimate of drug-likeness (QED) is 0.152. The summed E-state index contributed by atoms with van der Waals surface area (Å²) < 4.78 is 52.7. The molecular weight excluding hydrogens is 614 g/mol. The molecule has 2 heterocycles. The van der Waals surface area contributed by atoms with Crippen LogP contribution in [0.25, 0.3) is 0 Å². The van der Waals surface area contributed by atoms with Crippen molar-refractivity contribution in [2.75, 3.05) is 24.2 Å². The zero-order valence-corrected chi connectivity index (χ0v) is 26.2. The number of nitrogens with one attached hydrogen (secondary N) is 3. The van der Waals surface area contributed by atoms with Crippen LogP contribution in [0.4, 0.5) is 19.3 Å². The minimum atomic E-state index is -2.93. The van der Waals surface area contributed by atoms with Gasteiger partial charge in [-0.1, -0.05) is 42.5 Å². The fourth-order valence-corrected chi connectivity index (χ4v) is 8.69. The summed E-state index contributed by atoms with van der Waals surface area (Å²) in [6.45, 7) is 1.03. The molecule has 3 aromatic rings. The lowest BCUT2D eigenvalue weighted by Gasteiger charge is -2.49. The van der Waals surface area contributed by atoms with Gasteiger partial charge >= 0.3 is 6.09 Å². The molecule has 246 valence electrons. The fraction of sp³-hybridized carbons (Fsp3) is 0.412. The highest BCUT2D eigenvalue weighted by Crippen LogP contribution is 2.49. The van der Waals surface area contributed by atoms with Gasteiger partial charge in [0.05, 0.1) is 5.75 Å². The molecule has 2 bridgehead atoms. The van der Waals surface area contributed by atoms with Crippen LogP contribution >= 0.6 is 10.8 Å². The molecule has 3 aromatic carbocycles. The second-order valence-electron chi connectivity index (χ2n) is 12.5. The smallest absolute Gasteiger partial charge is 0.405 e. The highest BCUT2D eigenvalue weighted by Gasteiger charge is 2.39. The summed E-state index contributed by atoms with van der Waals surface area (Å²) in [4.78, 5) is 26.1. The number of amides is 2. The van der Waals surface area contributed by atoms with Crippen LogP contribution in [0.3, 0.4) is 0 Å². The number of carboxylic acid groups (broad SMARTS) is 1. The lowest BCUT2D eigenvalue weighted by Crippen LogP contribution is -2.55. The first-order valence-corrected chi connectivity index (χ1v) is 17.5. The predicted molar refractivity (Wildman–Crippen MR) is 174 cm³/mol. The molecule has 3 aliphatic rings. The minimum absolute atomic E-state index is 0.172. The number of piperazine rings is 1. The van der Waals surface area contributed by atoms with Crippen molar-refractivity contribution in [2.24, 2.45) is 0 Å². The van der Waals surface area contributed by atoms with Gasteiger partial charge in [-0.2, -0.15) is 0 Å². The second kappa shape index (κ2) is 13.7. The molecule has 2 amide bonds. The van der Waals surface area contributed by atoms with Crippen LogP contribution in [-0.2, 0) is 11.2 Å². The maximum Gasteiger partial charge on any atom is 0.405 e. The summed E-state index contributed by atoms with van der Waals surface area (Å²) in [7, 11) is -2.93. The van der Waals surface area contributed by atoms with Gasteiger partial charge in [0.1, 0.15) is 17.7 Å². The zero-order chi connectivity index (χ0) is 32.4. The van der Waals surface area contributed by atoms with E-state index in [1.165, 1.54) is 36.4 Å². The number of fused-ring (bicyclic) bond motifs is 2. The molecule has 5 atom stereocenters. The number of benzene rings is 3. The van der Waals surface area contributed by atoms with E-state index in [4.69, 9.17) is 0 Å². The van der Waals surface area contributed by atoms with Gasteiger partial charge < -0.3 is 21.1 Å². The molecule has 46 heavy (non-hydrogen) atoms. The summed E-state index contributed by atoms with van der Waals surface area (Å²) in [5.74, 6) is -1.77. The molecule has 2 aliphatic heterocycles. The van der Waals surface area contributed by atoms with Crippen molar-refractivity contribution in [3.8, 4) is 0 Å². The monoisotopic (exact) mass is 654 g/mol. The van der Waals surface area contributed by atoms with E-state index in [0.717, 1.165) is 24.8 Å². The van der Waals surface area contributed by atoms with Crippen LogP contribution in [0, 0.1) is 11.6 Å². The van der Waals surface area contributed by atoms with Gasteiger partial charge in [-0.05, 0) is 85.4 Å². The number of anilines is 1. The van der Waals surface area contributed by atoms with E-state index in [1.54, 1.807) is 10.4 Å². The molecule has 9 nitrogen and oxygen atoms in total. The van der Waals surface area contributed by atoms with Gasteiger partial charge in [0.15, 0.2) is 0 Å². The van der Waals surface area contributed by atoms with Crippen molar-refractivity contribution >= 4 is 28.5 Å². The van der Waals surface area contributed by atoms with E-state index in [2.05, 4.69) is 16.0 Å². The zero-order valence-electron chi connectivity index (χ0n) is 25.4. The standard InChI is InChI=1S/C34H40F2N4O5S/c35-25-13-11-22(12-14-25)31(24-5-1-4-23(18-24)21-9-10-21)32(39-34(42)43)33(41)38-30-8-2-7-29(36)28(30)16-15-27-19-37-26-6-3-17-46(44,45)40(27)20-26/h1-2,4-5,7-8,11-14,18,21,26-27,31-32,37,39,44-45H,3,6,9-10,15-17,19-20H2,(H,38,41)(H,42,43)/t26?,27?,31-,32-/m0/s1. The molecule has 6 rings (SSSR count). The van der Waals surface area contributed by atoms with Crippen molar-refractivity contribution < 1.29 is 32.6 Å². The molecule has 3 unspecified atom stereocenters. The van der Waals surface area contributed by atoms with E-state index in [0.29, 0.717) is 48.7 Å². The molecular formula is C34H40F2N4O5S. The summed E-state index contributed by atoms with van der Waals surface area (Å²) in [6.07, 6.45) is 2.87. The predicted octanol–water partition coefficient (Wildman–Crippen LogP) is 6.28. The Balaban J connectivity index is 1.28. The second-order valence-corrected chi connectivity index (χ2v) is 14.7. The Kier molecular flexibility index (Phi) is 9.62. The van der Waals surface area contributed by atoms with Crippen molar-refractivity contribution in [1.29, 1.82) is 0 Å². The Labute approximate surface area is 268 Å². The molecule has 6 N–H and O–H groups in total. The highest BCUT2D eigenvalue weighted by atomic mass is 32.3. The van der Waals surface area contributed by atoms with Gasteiger partial charge in [-0.3, -0.25) is 13.9 Å². The van der Waals surface area contributed by atoms with E-state index in [-0.39, 0.29) is 29.8 Å². The average Bonchev–Trinajstić information content (AvgIpc) is 3.88. The Morgan fingerprint density at radius 2 is 1.76 bits per heavy atom. The molecule has 12 heteroatoms. The largest absolute Gasteiger partial charge is 0.465 e. The lowest BCUT2D eigenvalue weighted by molar-refractivity contribution is -0.118. The van der Waals surface area contributed by atoms with E-state index in [9.17, 15) is 28.2 Å². The van der Waals surface area contributed by atoms with Gasteiger partial charge in [0, 0.05) is 42.3 Å². The highest BCUT2D eigenvalue weighted by molar-refractivity contribution is 8.22. The molecule has 3 fully saturated rings. The van der Waals surface area contributed by atoms with Crippen molar-refractivity contribution in [2.45, 2.75) is 68.5 Å². The van der Waals surface area contributed by atoms with Crippen molar-refractivity contribution in [3.63, 3.8) is 0 Å². The van der Waals surface area contributed by atoms with Gasteiger partial charge in [-0.25, -0.2) is 17.9 Å². The van der Waals surface area contributed by atoms with Crippen LogP contribution in [0.15, 0.2) is 66.7 Å². The number of carbonyl (C=O) groups is 2. The lowest BCUT2D eigenvalue weighted by atomic mass is 9.83. The van der Waals surface area contributed by atoms with Gasteiger partial charge in [0.25, 0.3) is 0 Å². The topological polar surface area (TPSA) is 134 Å². The summed E-state index contributed by atoms with van der Waals surface area (Å²) in [5, 5.41) is 18.5. The minimum Gasteiger partial charge on any atom is -0.465 e. The van der Waals surface area contributed by atoms with Crippen molar-refractivity contribution in [1.82, 2.24) is 14.9 Å². The summed E-state index contributed by atoms with van der Waals surface area (Å²) in [6, 6.07) is 16.2. The van der Waals surface area contributed by atoms with E-state index >= 15 is 4.39 Å². The van der Waals surface area contributed by atoms with Crippen molar-refractivity contribution in [3.05, 3.63) is 101 Å². The van der Waals surface area contributed by atoms with Crippen LogP contribution in [0.1, 0.15) is 66.2 Å². The number of rotatable bonds is 10. The van der Waals surface area contributed by atoms with Gasteiger partial charge in [-0.15, -0.1) is 10.8 Å². The van der Waals surface area contributed by atoms with E-state index < -0.39 is 46.4 Å². The number of carbonyl (C=O) groups excluding carboxylic acids is 1. The molecule has 2 saturated heterocycles. The Morgan fingerprint density at radius 3 is 2.50 bits per heavy atom. The van der Waals surface area contributed by atoms with Crippen LogP contribution in [0.2, 0.25) is 0 Å². The Morgan fingerprint density at radius 1 is 1.00 bits per heavy atom. The number of hydrogen-bond acceptors (Lipinski definition) is 6. The third kappa shape index (κ3) is 7.37. The maximum absolute atomic E-state index is 15.4. The first-order chi connectivity index (χ1) is 22.1. The van der Waals surface area contributed by atoms with Crippen LogP contribution in [0.5, 0.6) is 0 Å². The van der Waals surface area contributed by atoms with Crippen LogP contribution in [-0.4, -0.2) is 67.5 Å². The van der Waals surface area contributed by atoms with Crippen LogP contribution < -0.4 is 16.0 Å². The molecule has 1 aliphatic carbocycles. The first kappa shape index (κ1) is 32.4.